The monoisotopic (exact) mass is 406 g/mol. The van der Waals surface area contributed by atoms with Crippen LogP contribution in [0.2, 0.25) is 0 Å². The number of anilines is 1. The van der Waals surface area contributed by atoms with Crippen molar-refractivity contribution >= 4 is 11.5 Å². The Labute approximate surface area is 180 Å². The van der Waals surface area contributed by atoms with Crippen molar-refractivity contribution in [2.45, 2.75) is 38.5 Å². The van der Waals surface area contributed by atoms with Crippen LogP contribution in [0, 0.1) is 5.92 Å². The third-order valence-electron chi connectivity index (χ3n) is 6.46. The second-order valence-electron chi connectivity index (χ2n) is 8.59. The number of ether oxygens (including phenoxy) is 1. The molecular weight excluding hydrogens is 372 g/mol. The number of rotatable bonds is 8. The van der Waals surface area contributed by atoms with E-state index in [1.165, 1.54) is 38.0 Å². The van der Waals surface area contributed by atoms with Gasteiger partial charge in [-0.2, -0.15) is 0 Å². The fraction of sp³-hybridized carbons (Fsp3) is 0.500. The summed E-state index contributed by atoms with van der Waals surface area (Å²) in [5, 5.41) is 0. The van der Waals surface area contributed by atoms with Crippen molar-refractivity contribution in [3.63, 3.8) is 0 Å². The molecule has 2 heterocycles. The summed E-state index contributed by atoms with van der Waals surface area (Å²) in [5.41, 5.74) is 2.07. The Morgan fingerprint density at radius 3 is 2.27 bits per heavy atom. The van der Waals surface area contributed by atoms with Gasteiger partial charge < -0.3 is 14.5 Å². The van der Waals surface area contributed by atoms with E-state index in [1.807, 2.05) is 30.3 Å². The summed E-state index contributed by atoms with van der Waals surface area (Å²) < 4.78 is 5.95. The van der Waals surface area contributed by atoms with Crippen LogP contribution < -0.4 is 9.64 Å². The van der Waals surface area contributed by atoms with Crippen molar-refractivity contribution in [1.82, 2.24) is 4.90 Å². The third-order valence-corrected chi connectivity index (χ3v) is 6.46. The van der Waals surface area contributed by atoms with Crippen LogP contribution in [0.4, 0.5) is 5.69 Å². The van der Waals surface area contributed by atoms with Gasteiger partial charge in [-0.15, -0.1) is 0 Å². The number of carbonyl (C=O) groups is 1. The highest BCUT2D eigenvalue weighted by Gasteiger charge is 2.25. The summed E-state index contributed by atoms with van der Waals surface area (Å²) in [6.45, 7) is 6.29. The maximum absolute atomic E-state index is 12.7. The third kappa shape index (κ3) is 5.63. The van der Waals surface area contributed by atoms with Gasteiger partial charge >= 0.3 is 0 Å². The highest BCUT2D eigenvalue weighted by molar-refractivity contribution is 5.97. The molecule has 0 spiro atoms. The molecule has 0 unspecified atom stereocenters. The number of hydrogen-bond donors (Lipinski definition) is 0. The van der Waals surface area contributed by atoms with Crippen molar-refractivity contribution in [3.8, 4) is 5.75 Å². The van der Waals surface area contributed by atoms with E-state index in [9.17, 15) is 4.79 Å². The van der Waals surface area contributed by atoms with Crippen LogP contribution in [-0.4, -0.2) is 50.0 Å². The normalized spacial score (nSPS) is 18.3. The molecule has 30 heavy (non-hydrogen) atoms. The fourth-order valence-corrected chi connectivity index (χ4v) is 4.65. The van der Waals surface area contributed by atoms with Gasteiger partial charge in [0.05, 0.1) is 6.61 Å². The zero-order valence-electron chi connectivity index (χ0n) is 18.0. The summed E-state index contributed by atoms with van der Waals surface area (Å²) >= 11 is 0. The van der Waals surface area contributed by atoms with Gasteiger partial charge in [0.25, 0.3) is 0 Å². The largest absolute Gasteiger partial charge is 0.494 e. The van der Waals surface area contributed by atoms with Crippen LogP contribution in [0.15, 0.2) is 54.6 Å². The molecule has 0 atom stereocenters. The maximum Gasteiger partial charge on any atom is 0.166 e. The molecule has 4 heteroatoms. The number of ketones is 1. The van der Waals surface area contributed by atoms with Crippen LogP contribution in [0.1, 0.15) is 48.9 Å². The second-order valence-corrected chi connectivity index (χ2v) is 8.59. The van der Waals surface area contributed by atoms with Crippen LogP contribution in [0.5, 0.6) is 5.75 Å². The molecule has 0 radical (unpaired) electrons. The summed E-state index contributed by atoms with van der Waals surface area (Å²) in [5.74, 6) is 1.39. The number of benzene rings is 2. The number of hydrogen-bond acceptors (Lipinski definition) is 4. The number of likely N-dealkylation sites (tertiary alicyclic amines) is 1. The lowest BCUT2D eigenvalue weighted by atomic mass is 9.89. The predicted molar refractivity (Wildman–Crippen MR) is 123 cm³/mol. The first-order valence-corrected chi connectivity index (χ1v) is 11.6. The van der Waals surface area contributed by atoms with Crippen molar-refractivity contribution in [2.24, 2.45) is 5.92 Å². The summed E-state index contributed by atoms with van der Waals surface area (Å²) in [4.78, 5) is 17.6. The Bertz CT molecular complexity index is 776. The molecule has 2 fully saturated rings. The summed E-state index contributed by atoms with van der Waals surface area (Å²) in [6, 6.07) is 18.2. The molecule has 0 amide bonds. The average Bonchev–Trinajstić information content (AvgIpc) is 2.83. The molecule has 160 valence electrons. The molecule has 2 saturated heterocycles. The maximum atomic E-state index is 12.7. The van der Waals surface area contributed by atoms with E-state index >= 15 is 0 Å². The standard InChI is InChI=1S/C26H34N2O2/c29-26(22-8-3-1-4-9-22)23-14-19-28(20-15-23)24-10-12-25(13-11-24)30-21-7-18-27-16-5-2-6-17-27/h1,3-4,8-13,23H,2,5-7,14-21H2. The fourth-order valence-electron chi connectivity index (χ4n) is 4.65. The number of Topliss-reactive ketones (excluding diaryl/α,β-unsaturated/α-hetero) is 1. The number of piperidine rings is 2. The zero-order chi connectivity index (χ0) is 20.6. The summed E-state index contributed by atoms with van der Waals surface area (Å²) in [7, 11) is 0. The van der Waals surface area contributed by atoms with Gasteiger partial charge in [-0.05, 0) is 69.5 Å². The van der Waals surface area contributed by atoms with Gasteiger partial charge in [-0.3, -0.25) is 4.79 Å². The van der Waals surface area contributed by atoms with Gasteiger partial charge in [-0.25, -0.2) is 0 Å². The first-order valence-electron chi connectivity index (χ1n) is 11.6. The molecule has 2 aliphatic rings. The van der Waals surface area contributed by atoms with Crippen LogP contribution in [0.25, 0.3) is 0 Å². The Balaban J connectivity index is 1.19. The van der Waals surface area contributed by atoms with E-state index in [-0.39, 0.29) is 5.92 Å². The molecule has 0 aliphatic carbocycles. The highest BCUT2D eigenvalue weighted by Crippen LogP contribution is 2.27. The molecule has 0 saturated carbocycles. The Hall–Kier alpha value is -2.33. The lowest BCUT2D eigenvalue weighted by Crippen LogP contribution is -2.36. The van der Waals surface area contributed by atoms with Gasteiger partial charge in [0, 0.05) is 36.8 Å². The van der Waals surface area contributed by atoms with Gasteiger partial charge in [-0.1, -0.05) is 36.8 Å². The molecule has 0 aromatic heterocycles. The van der Waals surface area contributed by atoms with Crippen molar-refractivity contribution in [1.29, 1.82) is 0 Å². The smallest absolute Gasteiger partial charge is 0.166 e. The summed E-state index contributed by atoms with van der Waals surface area (Å²) in [6.07, 6.45) is 7.01. The van der Waals surface area contributed by atoms with E-state index in [0.29, 0.717) is 5.78 Å². The van der Waals surface area contributed by atoms with Gasteiger partial charge in [0.2, 0.25) is 0 Å². The molecule has 4 nitrogen and oxygen atoms in total. The van der Waals surface area contributed by atoms with Crippen molar-refractivity contribution in [2.75, 3.05) is 44.2 Å². The highest BCUT2D eigenvalue weighted by atomic mass is 16.5. The van der Waals surface area contributed by atoms with E-state index in [4.69, 9.17) is 4.74 Å². The minimum Gasteiger partial charge on any atom is -0.494 e. The first-order chi connectivity index (χ1) is 14.8. The van der Waals surface area contributed by atoms with Crippen LogP contribution in [0.3, 0.4) is 0 Å². The molecule has 0 N–H and O–H groups in total. The molecule has 2 aliphatic heterocycles. The minimum absolute atomic E-state index is 0.145. The zero-order valence-corrected chi connectivity index (χ0v) is 18.0. The van der Waals surface area contributed by atoms with Crippen LogP contribution in [-0.2, 0) is 0 Å². The average molecular weight is 407 g/mol. The predicted octanol–water partition coefficient (Wildman–Crippen LogP) is 5.04. The quantitative estimate of drug-likeness (QED) is 0.454. The topological polar surface area (TPSA) is 32.8 Å². The first kappa shape index (κ1) is 20.9. The van der Waals surface area contributed by atoms with Gasteiger partial charge in [0.15, 0.2) is 5.78 Å². The lowest BCUT2D eigenvalue weighted by Gasteiger charge is -2.33. The van der Waals surface area contributed by atoms with Crippen molar-refractivity contribution < 1.29 is 9.53 Å². The molecule has 4 rings (SSSR count). The Morgan fingerprint density at radius 1 is 0.867 bits per heavy atom. The molecule has 2 aromatic rings. The SMILES string of the molecule is O=C(c1ccccc1)C1CCN(c2ccc(OCCCN3CCCCC3)cc2)CC1. The van der Waals surface area contributed by atoms with E-state index in [2.05, 4.69) is 34.1 Å². The van der Waals surface area contributed by atoms with Crippen LogP contribution >= 0.6 is 0 Å². The van der Waals surface area contributed by atoms with E-state index < -0.39 is 0 Å². The van der Waals surface area contributed by atoms with Crippen molar-refractivity contribution in [3.05, 3.63) is 60.2 Å². The van der Waals surface area contributed by atoms with Gasteiger partial charge in [0.1, 0.15) is 5.75 Å². The van der Waals surface area contributed by atoms with E-state index in [1.54, 1.807) is 0 Å². The number of carbonyl (C=O) groups excluding carboxylic acids is 1. The lowest BCUT2D eigenvalue weighted by molar-refractivity contribution is 0.0900. The number of nitrogens with zero attached hydrogens (tertiary/aromatic N) is 2. The minimum atomic E-state index is 0.145. The molecular formula is C26H34N2O2. The Morgan fingerprint density at radius 2 is 1.57 bits per heavy atom. The Kier molecular flexibility index (Phi) is 7.41. The second kappa shape index (κ2) is 10.6. The molecule has 0 bridgehead atoms. The van der Waals surface area contributed by atoms with E-state index in [0.717, 1.165) is 56.8 Å². The molecule has 2 aromatic carbocycles.